The maximum absolute atomic E-state index is 14.0. The van der Waals surface area contributed by atoms with Crippen LogP contribution in [0, 0.1) is 23.5 Å². The molecule has 3 rings (SSSR count). The molecule has 1 aliphatic carbocycles. The number of hydrogen-bond donors (Lipinski definition) is 0. The van der Waals surface area contributed by atoms with Gasteiger partial charge < -0.3 is 4.74 Å². The maximum atomic E-state index is 14.0. The highest BCUT2D eigenvalue weighted by Gasteiger charge is 2.15. The monoisotopic (exact) mass is 340 g/mol. The Balaban J connectivity index is 1.76. The Kier molecular flexibility index (Phi) is 5.71. The molecular weight excluding hydrogens is 318 g/mol. The van der Waals surface area contributed by atoms with E-state index in [2.05, 4.69) is 24.0 Å². The molecule has 1 fully saturated rings. The van der Waals surface area contributed by atoms with Crippen molar-refractivity contribution in [3.63, 3.8) is 0 Å². The van der Waals surface area contributed by atoms with Crippen LogP contribution in [0.25, 0.3) is 0 Å². The van der Waals surface area contributed by atoms with Crippen LogP contribution >= 0.6 is 0 Å². The topological polar surface area (TPSA) is 9.23 Å². The van der Waals surface area contributed by atoms with Crippen LogP contribution in [0.3, 0.4) is 0 Å². The summed E-state index contributed by atoms with van der Waals surface area (Å²) in [6.45, 7) is 2.01. The molecule has 1 aliphatic rings. The fraction of sp³-hybridized carbons (Fsp3) is 0.364. The third-order valence-electron chi connectivity index (χ3n) is 4.68. The summed E-state index contributed by atoms with van der Waals surface area (Å²) >= 11 is 0. The highest BCUT2D eigenvalue weighted by Crippen LogP contribution is 2.32. The fourth-order valence-corrected chi connectivity index (χ4v) is 3.31. The molecule has 0 radical (unpaired) electrons. The molecule has 3 heteroatoms. The highest BCUT2D eigenvalue weighted by atomic mass is 19.2. The van der Waals surface area contributed by atoms with Crippen molar-refractivity contribution in [2.75, 3.05) is 6.61 Å². The standard InChI is InChI=1S/C22H22F2O/c1-2-25-20-15-14-19(21(23)22(20)24)13-10-16-8-11-18(12-9-16)17-6-4-3-5-7-17/h8-9,11-12,14-15,17H,2-7H2,1H3. The SMILES string of the molecule is CCOc1ccc(C#Cc2ccc(C3CCCCC3)cc2)c(F)c1F. The van der Waals surface area contributed by atoms with Crippen molar-refractivity contribution in [1.82, 2.24) is 0 Å². The molecule has 1 nitrogen and oxygen atoms in total. The molecule has 0 saturated heterocycles. The molecular formula is C22H22F2O. The molecule has 0 aliphatic heterocycles. The van der Waals surface area contributed by atoms with Gasteiger partial charge >= 0.3 is 0 Å². The number of hydrogen-bond acceptors (Lipinski definition) is 1. The van der Waals surface area contributed by atoms with Gasteiger partial charge in [-0.1, -0.05) is 43.2 Å². The largest absolute Gasteiger partial charge is 0.491 e. The zero-order valence-electron chi connectivity index (χ0n) is 14.4. The molecule has 0 heterocycles. The van der Waals surface area contributed by atoms with E-state index >= 15 is 0 Å². The van der Waals surface area contributed by atoms with Gasteiger partial charge in [0.25, 0.3) is 0 Å². The van der Waals surface area contributed by atoms with Crippen molar-refractivity contribution in [3.8, 4) is 17.6 Å². The Morgan fingerprint density at radius 2 is 1.64 bits per heavy atom. The second kappa shape index (κ2) is 8.16. The predicted molar refractivity (Wildman–Crippen MR) is 95.8 cm³/mol. The van der Waals surface area contributed by atoms with Crippen molar-refractivity contribution < 1.29 is 13.5 Å². The van der Waals surface area contributed by atoms with Crippen molar-refractivity contribution >= 4 is 0 Å². The molecule has 2 aromatic carbocycles. The Bertz CT molecular complexity index is 778. The summed E-state index contributed by atoms with van der Waals surface area (Å²) in [5.74, 6) is 4.25. The first-order chi connectivity index (χ1) is 12.2. The number of rotatable bonds is 3. The molecule has 2 aromatic rings. The first kappa shape index (κ1) is 17.5. The molecule has 0 spiro atoms. The summed E-state index contributed by atoms with van der Waals surface area (Å²) in [4.78, 5) is 0. The van der Waals surface area contributed by atoms with Crippen LogP contribution in [-0.2, 0) is 0 Å². The van der Waals surface area contributed by atoms with Crippen LogP contribution in [0.2, 0.25) is 0 Å². The summed E-state index contributed by atoms with van der Waals surface area (Å²) in [6.07, 6.45) is 6.44. The molecule has 130 valence electrons. The molecule has 0 aromatic heterocycles. The zero-order valence-corrected chi connectivity index (χ0v) is 14.4. The van der Waals surface area contributed by atoms with E-state index in [-0.39, 0.29) is 17.9 Å². The van der Waals surface area contributed by atoms with Gasteiger partial charge in [0, 0.05) is 5.56 Å². The van der Waals surface area contributed by atoms with Gasteiger partial charge in [0.15, 0.2) is 11.6 Å². The minimum atomic E-state index is -0.985. The summed E-state index contributed by atoms with van der Waals surface area (Å²) in [5.41, 5.74) is 2.19. The third-order valence-corrected chi connectivity index (χ3v) is 4.68. The lowest BCUT2D eigenvalue weighted by atomic mass is 9.84. The van der Waals surface area contributed by atoms with Crippen molar-refractivity contribution in [1.29, 1.82) is 0 Å². The number of ether oxygens (including phenoxy) is 1. The van der Waals surface area contributed by atoms with Gasteiger partial charge in [-0.15, -0.1) is 0 Å². The molecule has 0 bridgehead atoms. The Labute approximate surface area is 148 Å². The molecule has 25 heavy (non-hydrogen) atoms. The normalized spacial score (nSPS) is 14.7. The van der Waals surface area contributed by atoms with Gasteiger partial charge in [-0.25, -0.2) is 4.39 Å². The van der Waals surface area contributed by atoms with E-state index in [4.69, 9.17) is 4.74 Å². The fourth-order valence-electron chi connectivity index (χ4n) is 3.31. The predicted octanol–water partition coefficient (Wildman–Crippen LogP) is 5.81. The van der Waals surface area contributed by atoms with E-state index in [1.54, 1.807) is 6.92 Å². The van der Waals surface area contributed by atoms with Gasteiger partial charge in [-0.2, -0.15) is 4.39 Å². The third kappa shape index (κ3) is 4.20. The Morgan fingerprint density at radius 1 is 0.920 bits per heavy atom. The van der Waals surface area contributed by atoms with Gasteiger partial charge in [-0.3, -0.25) is 0 Å². The zero-order chi connectivity index (χ0) is 17.6. The van der Waals surface area contributed by atoms with Gasteiger partial charge in [0.05, 0.1) is 12.2 Å². The maximum Gasteiger partial charge on any atom is 0.201 e. The highest BCUT2D eigenvalue weighted by molar-refractivity contribution is 5.46. The van der Waals surface area contributed by atoms with Gasteiger partial charge in [-0.05, 0) is 55.5 Å². The second-order valence-corrected chi connectivity index (χ2v) is 6.38. The van der Waals surface area contributed by atoms with E-state index < -0.39 is 11.6 Å². The second-order valence-electron chi connectivity index (χ2n) is 6.38. The number of halogens is 2. The van der Waals surface area contributed by atoms with E-state index in [0.29, 0.717) is 5.92 Å². The average Bonchev–Trinajstić information content (AvgIpc) is 2.66. The summed E-state index contributed by atoms with van der Waals surface area (Å²) in [6, 6.07) is 11.0. The minimum absolute atomic E-state index is 0.0392. The molecule has 0 unspecified atom stereocenters. The Hall–Kier alpha value is -2.34. The van der Waals surface area contributed by atoms with Crippen LogP contribution < -0.4 is 4.74 Å². The van der Waals surface area contributed by atoms with Gasteiger partial charge in [0.2, 0.25) is 5.82 Å². The summed E-state index contributed by atoms with van der Waals surface area (Å²) < 4.78 is 32.9. The van der Waals surface area contributed by atoms with Crippen LogP contribution in [0.15, 0.2) is 36.4 Å². The van der Waals surface area contributed by atoms with Crippen LogP contribution in [0.4, 0.5) is 8.78 Å². The molecule has 0 amide bonds. The average molecular weight is 340 g/mol. The Morgan fingerprint density at radius 3 is 2.32 bits per heavy atom. The van der Waals surface area contributed by atoms with Crippen LogP contribution in [0.5, 0.6) is 5.75 Å². The van der Waals surface area contributed by atoms with Crippen molar-refractivity contribution in [2.24, 2.45) is 0 Å². The molecule has 0 atom stereocenters. The van der Waals surface area contributed by atoms with Crippen LogP contribution in [-0.4, -0.2) is 6.61 Å². The molecule has 1 saturated carbocycles. The lowest BCUT2D eigenvalue weighted by molar-refractivity contribution is 0.314. The van der Waals surface area contributed by atoms with Crippen molar-refractivity contribution in [3.05, 3.63) is 64.7 Å². The van der Waals surface area contributed by atoms with E-state index in [1.165, 1.54) is 49.8 Å². The lowest BCUT2D eigenvalue weighted by Gasteiger charge is -2.21. The van der Waals surface area contributed by atoms with Crippen LogP contribution in [0.1, 0.15) is 61.6 Å². The first-order valence-corrected chi connectivity index (χ1v) is 8.92. The molecule has 0 N–H and O–H groups in total. The number of benzene rings is 2. The van der Waals surface area contributed by atoms with Gasteiger partial charge in [0.1, 0.15) is 0 Å². The first-order valence-electron chi connectivity index (χ1n) is 8.92. The van der Waals surface area contributed by atoms with E-state index in [1.807, 2.05) is 12.1 Å². The van der Waals surface area contributed by atoms with E-state index in [0.717, 1.165) is 5.56 Å². The lowest BCUT2D eigenvalue weighted by Crippen LogP contribution is -2.04. The summed E-state index contributed by atoms with van der Waals surface area (Å²) in [7, 11) is 0. The minimum Gasteiger partial charge on any atom is -0.491 e. The quantitative estimate of drug-likeness (QED) is 0.641. The van der Waals surface area contributed by atoms with Crippen molar-refractivity contribution in [2.45, 2.75) is 44.9 Å². The summed E-state index contributed by atoms with van der Waals surface area (Å²) in [5, 5.41) is 0. The smallest absolute Gasteiger partial charge is 0.201 e. The van der Waals surface area contributed by atoms with E-state index in [9.17, 15) is 8.78 Å².